The number of allylic oxidation sites excluding steroid dienone is 3. The number of methoxy groups -OCH3 is 2. The summed E-state index contributed by atoms with van der Waals surface area (Å²) in [5.41, 5.74) is 1.25. The molecule has 0 unspecified atom stereocenters. The second-order valence-electron chi connectivity index (χ2n) is 23.7. The lowest BCUT2D eigenvalue weighted by atomic mass is 9.84. The quantitative estimate of drug-likeness (QED) is 0.0130. The van der Waals surface area contributed by atoms with E-state index in [4.69, 9.17) is 32.5 Å². The molecule has 1 aliphatic heterocycles. The number of aliphatic hydroxyl groups is 1. The molecule has 0 aromatic rings. The first kappa shape index (κ1) is 66.7. The molecule has 0 spiro atoms. The van der Waals surface area contributed by atoms with Crippen molar-refractivity contribution in [2.24, 2.45) is 29.6 Å². The van der Waals surface area contributed by atoms with Gasteiger partial charge in [0.05, 0.1) is 48.7 Å². The van der Waals surface area contributed by atoms with Crippen LogP contribution in [0.5, 0.6) is 0 Å². The maximum Gasteiger partial charge on any atom is 0.331 e. The van der Waals surface area contributed by atoms with Crippen molar-refractivity contribution in [1.82, 2.24) is 0 Å². The zero-order chi connectivity index (χ0) is 52.8. The van der Waals surface area contributed by atoms with Crippen molar-refractivity contribution in [3.8, 4) is 0 Å². The molecule has 0 bridgehead atoms. The number of thioether (sulfide) groups is 1. The Morgan fingerprint density at radius 2 is 1.48 bits per heavy atom. The van der Waals surface area contributed by atoms with Gasteiger partial charge in [-0.05, 0) is 142 Å². The Morgan fingerprint density at radius 1 is 0.841 bits per heavy atom. The molecule has 0 aromatic carbocycles. The van der Waals surface area contributed by atoms with Gasteiger partial charge in [0, 0.05) is 45.2 Å². The maximum atomic E-state index is 13.5. The summed E-state index contributed by atoms with van der Waals surface area (Å²) < 4.78 is 46.3. The Hall–Kier alpha value is -0.336. The molecule has 9 nitrogen and oxygen atoms in total. The number of carbonyl (C=O) groups excluding carboxylic acids is 1. The lowest BCUT2D eigenvalue weighted by Crippen LogP contribution is -2.49. The van der Waals surface area contributed by atoms with Gasteiger partial charge in [0.15, 0.2) is 16.6 Å². The normalized spacial score (nSPS) is 22.6. The van der Waals surface area contributed by atoms with Crippen LogP contribution in [0.25, 0.3) is 0 Å². The summed E-state index contributed by atoms with van der Waals surface area (Å²) >= 11 is 3.86. The van der Waals surface area contributed by atoms with E-state index in [1.807, 2.05) is 22.5 Å². The molecule has 404 valence electrons. The van der Waals surface area contributed by atoms with E-state index in [1.165, 1.54) is 11.6 Å². The van der Waals surface area contributed by atoms with Crippen molar-refractivity contribution < 1.29 is 42.4 Å². The molecule has 13 atom stereocenters. The second-order valence-corrected chi connectivity index (χ2v) is 34.8. The highest BCUT2D eigenvalue weighted by atomic mass is 127. The summed E-state index contributed by atoms with van der Waals surface area (Å²) in [6.45, 7) is 39.1. The SMILES string of the molecule is CO[C@H]1C[C@H](CC[C@H](C)[C@H](O[Si](C)(C)C(C)(C)C)[C@H](C)[C@H](C/C=C/I)OC(=O)/C=C/C=C/C[C@@H](OCSC)[C@@H](C)[C@H](O)[C@H](C)CC[C@H](OC)/C(C)=C/C[C@@H](C)CCO[Si](C)(C)C(C)(C)C)O[C@@H](C)C1. The monoisotopic (exact) mass is 1140 g/mol. The van der Waals surface area contributed by atoms with Crippen LogP contribution in [-0.4, -0.2) is 110 Å². The van der Waals surface area contributed by atoms with E-state index >= 15 is 0 Å². The van der Waals surface area contributed by atoms with E-state index in [9.17, 15) is 9.90 Å². The number of ether oxygens (including phenoxy) is 5. The van der Waals surface area contributed by atoms with Crippen molar-refractivity contribution in [1.29, 1.82) is 0 Å². The standard InChI is InChI=1S/C56H105IO9SSi2/c1-40(34-36-63-68(17,18)55(8,9)10)28-29-41(2)49(61-15)33-31-42(3)53(59)45(6)50(62-39-67-16)25-22-21-23-27-52(58)65-51(26-24-35-57)46(7)54(66-69(19,20)56(11,12)13)43(4)30-32-47-38-48(60-14)37-44(5)64-47/h21-24,27,29,35,40,42-51,53-54,59H,25-26,28,30-34,36-39H2,1-20H3/b22-21+,27-23+,35-24+,41-29+/t40-,42-,43+,44+,45-,46-,47+,48-,49+,50-,51+,53-,54+/m1/s1. The minimum atomic E-state index is -2.18. The largest absolute Gasteiger partial charge is 0.458 e. The van der Waals surface area contributed by atoms with E-state index < -0.39 is 22.7 Å². The van der Waals surface area contributed by atoms with E-state index in [0.29, 0.717) is 24.7 Å². The molecule has 0 aromatic heterocycles. The molecule has 1 N–H and O–H groups in total. The van der Waals surface area contributed by atoms with Gasteiger partial charge in [-0.3, -0.25) is 0 Å². The Bertz CT molecular complexity index is 1540. The van der Waals surface area contributed by atoms with E-state index in [2.05, 4.69) is 151 Å². The summed E-state index contributed by atoms with van der Waals surface area (Å²) in [4.78, 5) is 13.5. The van der Waals surface area contributed by atoms with Crippen molar-refractivity contribution in [2.75, 3.05) is 33.0 Å². The minimum Gasteiger partial charge on any atom is -0.458 e. The van der Waals surface area contributed by atoms with Gasteiger partial charge in [0.2, 0.25) is 0 Å². The predicted molar refractivity (Wildman–Crippen MR) is 307 cm³/mol. The Kier molecular flexibility index (Phi) is 31.8. The maximum absolute atomic E-state index is 13.5. The van der Waals surface area contributed by atoms with Crippen molar-refractivity contribution in [3.63, 3.8) is 0 Å². The zero-order valence-corrected chi connectivity index (χ0v) is 52.5. The van der Waals surface area contributed by atoms with E-state index in [0.717, 1.165) is 58.0 Å². The smallest absolute Gasteiger partial charge is 0.331 e. The van der Waals surface area contributed by atoms with Crippen LogP contribution in [0.2, 0.25) is 36.3 Å². The molecular weight excluding hydrogens is 1030 g/mol. The van der Waals surface area contributed by atoms with Gasteiger partial charge < -0.3 is 37.6 Å². The van der Waals surface area contributed by atoms with Crippen LogP contribution in [0.3, 0.4) is 0 Å². The van der Waals surface area contributed by atoms with E-state index in [-0.39, 0.29) is 82.4 Å². The molecule has 1 aliphatic rings. The molecule has 69 heavy (non-hydrogen) atoms. The first-order valence-electron chi connectivity index (χ1n) is 26.3. The molecule has 13 heteroatoms. The summed E-state index contributed by atoms with van der Waals surface area (Å²) in [6, 6.07) is 0. The molecule has 1 heterocycles. The summed E-state index contributed by atoms with van der Waals surface area (Å²) in [5.74, 6) is 0.825. The Morgan fingerprint density at radius 3 is 2.06 bits per heavy atom. The zero-order valence-electron chi connectivity index (χ0n) is 47.5. The number of aliphatic hydroxyl groups excluding tert-OH is 1. The van der Waals surface area contributed by atoms with Crippen LogP contribution in [-0.2, 0) is 37.3 Å². The third kappa shape index (κ3) is 24.7. The molecule has 1 fully saturated rings. The molecule has 0 saturated carbocycles. The summed E-state index contributed by atoms with van der Waals surface area (Å²) in [6.07, 6.45) is 21.6. The Balaban J connectivity index is 3.00. The minimum absolute atomic E-state index is 0.0122. The average molecular weight is 1140 g/mol. The number of hydrogen-bond acceptors (Lipinski definition) is 10. The average Bonchev–Trinajstić information content (AvgIpc) is 3.27. The third-order valence-electron chi connectivity index (χ3n) is 15.8. The molecule has 0 amide bonds. The van der Waals surface area contributed by atoms with Crippen molar-refractivity contribution >= 4 is 57.0 Å². The van der Waals surface area contributed by atoms with Gasteiger partial charge in [-0.15, -0.1) is 11.8 Å². The number of hydrogen-bond donors (Lipinski definition) is 1. The van der Waals surface area contributed by atoms with Crippen LogP contribution >= 0.6 is 34.4 Å². The van der Waals surface area contributed by atoms with Crippen LogP contribution in [0.15, 0.2) is 46.1 Å². The highest BCUT2D eigenvalue weighted by molar-refractivity contribution is 14.1. The molecular formula is C56H105IO9SSi2. The highest BCUT2D eigenvalue weighted by Crippen LogP contribution is 2.41. The molecule has 1 rings (SSSR count). The van der Waals surface area contributed by atoms with Gasteiger partial charge >= 0.3 is 5.97 Å². The van der Waals surface area contributed by atoms with Crippen LogP contribution in [0, 0.1) is 29.6 Å². The van der Waals surface area contributed by atoms with Crippen molar-refractivity contribution in [3.05, 3.63) is 46.1 Å². The summed E-state index contributed by atoms with van der Waals surface area (Å²) in [7, 11) is -0.330. The summed E-state index contributed by atoms with van der Waals surface area (Å²) in [5, 5.41) is 11.9. The highest BCUT2D eigenvalue weighted by Gasteiger charge is 2.43. The van der Waals surface area contributed by atoms with Gasteiger partial charge in [0.1, 0.15) is 6.10 Å². The van der Waals surface area contributed by atoms with Crippen LogP contribution in [0.1, 0.15) is 154 Å². The predicted octanol–water partition coefficient (Wildman–Crippen LogP) is 15.3. The Labute approximate surface area is 444 Å². The fourth-order valence-electron chi connectivity index (χ4n) is 8.64. The lowest BCUT2D eigenvalue weighted by Gasteiger charge is -2.44. The number of esters is 1. The first-order valence-corrected chi connectivity index (χ1v) is 34.8. The van der Waals surface area contributed by atoms with Gasteiger partial charge in [-0.2, -0.15) is 0 Å². The number of rotatable bonds is 33. The van der Waals surface area contributed by atoms with Crippen LogP contribution < -0.4 is 0 Å². The van der Waals surface area contributed by atoms with Gasteiger partial charge in [-0.1, -0.05) is 129 Å². The van der Waals surface area contributed by atoms with Gasteiger partial charge in [0.25, 0.3) is 0 Å². The van der Waals surface area contributed by atoms with E-state index in [1.54, 1.807) is 32.1 Å². The fraction of sp³-hybridized carbons (Fsp3) is 0.839. The molecule has 0 radical (unpaired) electrons. The number of carbonyl (C=O) groups is 1. The molecule has 0 aliphatic carbocycles. The third-order valence-corrected chi connectivity index (χ3v) is 25.7. The van der Waals surface area contributed by atoms with Crippen LogP contribution in [0.4, 0.5) is 0 Å². The van der Waals surface area contributed by atoms with Crippen molar-refractivity contribution in [2.45, 2.75) is 239 Å². The lowest BCUT2D eigenvalue weighted by molar-refractivity contribution is -0.148. The molecule has 1 saturated heterocycles. The second kappa shape index (κ2) is 32.9. The van der Waals surface area contributed by atoms with Gasteiger partial charge in [-0.25, -0.2) is 4.79 Å². The number of halogens is 1. The topological polar surface area (TPSA) is 102 Å². The first-order chi connectivity index (χ1) is 32.0. The fourth-order valence-corrected chi connectivity index (χ4v) is 11.8.